The summed E-state index contributed by atoms with van der Waals surface area (Å²) < 4.78 is 6.57. The van der Waals surface area contributed by atoms with Gasteiger partial charge in [-0.2, -0.15) is 0 Å². The van der Waals surface area contributed by atoms with E-state index in [-0.39, 0.29) is 0 Å². The van der Waals surface area contributed by atoms with Crippen LogP contribution in [0.15, 0.2) is 82.2 Å². The van der Waals surface area contributed by atoms with E-state index in [4.69, 9.17) is 0 Å². The zero-order valence-corrected chi connectivity index (χ0v) is 18.6. The van der Waals surface area contributed by atoms with Crippen molar-refractivity contribution in [2.75, 3.05) is 0 Å². The van der Waals surface area contributed by atoms with Gasteiger partial charge in [-0.25, -0.2) is 0 Å². The molecule has 114 valence electrons. The van der Waals surface area contributed by atoms with E-state index in [2.05, 4.69) is 96.6 Å². The molecule has 0 radical (unpaired) electrons. The minimum atomic E-state index is -3.52. The molecule has 0 aliphatic heterocycles. The van der Waals surface area contributed by atoms with Crippen LogP contribution >= 0.6 is 0 Å². The van der Waals surface area contributed by atoms with Crippen LogP contribution in [0.5, 0.6) is 0 Å². The molecule has 2 aliphatic rings. The molecule has 0 aromatic heterocycles. The second-order valence-electron chi connectivity index (χ2n) is 7.27. The van der Waals surface area contributed by atoms with Gasteiger partial charge >= 0.3 is 142 Å². The van der Waals surface area contributed by atoms with Crippen molar-refractivity contribution in [1.82, 2.24) is 0 Å². The predicted octanol–water partition coefficient (Wildman–Crippen LogP) is 4.21. The molecule has 2 aromatic rings. The molecular formula is C21H22HfSi. The fraction of sp³-hybridized carbons (Fsp3) is 0.143. The topological polar surface area (TPSA) is 0 Å². The molecule has 2 aliphatic carbocycles. The number of hydrogen-bond acceptors (Lipinski definition) is 0. The molecular weight excluding hydrogens is 459 g/mol. The monoisotopic (exact) mass is 482 g/mol. The predicted molar refractivity (Wildman–Crippen MR) is 101 cm³/mol. The van der Waals surface area contributed by atoms with Gasteiger partial charge in [0.1, 0.15) is 0 Å². The van der Waals surface area contributed by atoms with E-state index in [0.717, 1.165) is 6.42 Å². The van der Waals surface area contributed by atoms with Gasteiger partial charge in [-0.1, -0.05) is 0 Å². The average Bonchev–Trinajstić information content (AvgIpc) is 3.26. The van der Waals surface area contributed by atoms with Crippen LogP contribution in [0.2, 0.25) is 4.68 Å². The Kier molecular flexibility index (Phi) is 3.58. The molecule has 1 atom stereocenters. The van der Waals surface area contributed by atoms with E-state index in [1.165, 1.54) is 11.1 Å². The second kappa shape index (κ2) is 5.39. The van der Waals surface area contributed by atoms with Crippen molar-refractivity contribution in [3.8, 4) is 0 Å². The van der Waals surface area contributed by atoms with Crippen LogP contribution in [0.4, 0.5) is 0 Å². The van der Waals surface area contributed by atoms with Crippen LogP contribution in [0, 0.1) is 0 Å². The molecule has 0 spiro atoms. The minimum absolute atomic E-state index is 0.579. The zero-order valence-electron chi connectivity index (χ0n) is 13.6. The number of hydrogen-bond donors (Lipinski definition) is 0. The molecule has 23 heavy (non-hydrogen) atoms. The van der Waals surface area contributed by atoms with Gasteiger partial charge in [-0.05, 0) is 0 Å². The Morgan fingerprint density at radius 3 is 2.48 bits per heavy atom. The van der Waals surface area contributed by atoms with Crippen LogP contribution in [-0.2, 0) is 17.1 Å². The zero-order chi connectivity index (χ0) is 15.9. The summed E-state index contributed by atoms with van der Waals surface area (Å²) in [7, 11) is 0. The van der Waals surface area contributed by atoms with E-state index in [9.17, 15) is 0 Å². The van der Waals surface area contributed by atoms with Gasteiger partial charge in [0.25, 0.3) is 0 Å². The molecule has 0 N–H and O–H groups in total. The van der Waals surface area contributed by atoms with Crippen LogP contribution in [-0.4, -0.2) is 6.94 Å². The van der Waals surface area contributed by atoms with Crippen molar-refractivity contribution in [3.63, 3.8) is 0 Å². The van der Waals surface area contributed by atoms with Crippen molar-refractivity contribution in [3.05, 3.63) is 93.4 Å². The molecule has 1 unspecified atom stereocenters. The van der Waals surface area contributed by atoms with Crippen molar-refractivity contribution in [2.45, 2.75) is 14.8 Å². The third-order valence-corrected chi connectivity index (χ3v) is 39.1. The van der Waals surface area contributed by atoms with Crippen molar-refractivity contribution < 1.29 is 17.1 Å². The fourth-order valence-electron chi connectivity index (χ4n) is 4.36. The van der Waals surface area contributed by atoms with E-state index in [1.807, 2.05) is 0 Å². The van der Waals surface area contributed by atoms with Gasteiger partial charge in [-0.3, -0.25) is 0 Å². The van der Waals surface area contributed by atoms with Gasteiger partial charge in [0, 0.05) is 0 Å². The van der Waals surface area contributed by atoms with E-state index >= 15 is 0 Å². The Morgan fingerprint density at radius 1 is 1.00 bits per heavy atom. The normalized spacial score (nSPS) is 19.7. The molecule has 0 nitrogen and oxygen atoms in total. The summed E-state index contributed by atoms with van der Waals surface area (Å²) in [5.74, 6) is 0. The van der Waals surface area contributed by atoms with E-state index < -0.39 is 17.1 Å². The van der Waals surface area contributed by atoms with Crippen molar-refractivity contribution >= 4 is 16.3 Å². The molecule has 0 saturated carbocycles. The van der Waals surface area contributed by atoms with Gasteiger partial charge < -0.3 is 0 Å². The molecule has 4 rings (SSSR count). The average molecular weight is 481 g/mol. The maximum atomic E-state index is 2.65. The SMILES string of the molecule is [CH3][Hf](=[SiH2])([C]1=CC=CC1)([c]1ccccc1)[CH]1C=Cc2ccccc21. The molecule has 0 heterocycles. The van der Waals surface area contributed by atoms with Gasteiger partial charge in [0.05, 0.1) is 0 Å². The number of fused-ring (bicyclic) bond motifs is 1. The quantitative estimate of drug-likeness (QED) is 0.577. The first kappa shape index (κ1) is 15.3. The summed E-state index contributed by atoms with van der Waals surface area (Å²) in [5, 5.41) is 0. The second-order valence-corrected chi connectivity index (χ2v) is 44.0. The molecule has 0 saturated heterocycles. The van der Waals surface area contributed by atoms with Crippen LogP contribution < -0.4 is 3.32 Å². The van der Waals surface area contributed by atoms with Crippen LogP contribution in [0.3, 0.4) is 0 Å². The standard InChI is InChI=1S/C9H7.C6H5.C5H5.CH3.Hf.H2Si/c1-2-5-9-7-3-6-8(9)4-1;1-2-4-6-5-3-1;1-2-4-5-3-1;;;/h1-7H;1-5H;1-3H,4H2;1H3;;1H2. The Morgan fingerprint density at radius 2 is 1.74 bits per heavy atom. The number of benzene rings is 2. The summed E-state index contributed by atoms with van der Waals surface area (Å²) in [5.41, 5.74) is 2.95. The van der Waals surface area contributed by atoms with Crippen molar-refractivity contribution in [1.29, 1.82) is 0 Å². The Labute approximate surface area is 141 Å². The van der Waals surface area contributed by atoms with E-state index in [0.29, 0.717) is 3.67 Å². The summed E-state index contributed by atoms with van der Waals surface area (Å²) in [4.78, 5) is 0. The first-order valence-electron chi connectivity index (χ1n) is 8.34. The van der Waals surface area contributed by atoms with E-state index in [1.54, 1.807) is 6.65 Å². The van der Waals surface area contributed by atoms with Crippen LogP contribution in [0.25, 0.3) is 6.08 Å². The summed E-state index contributed by atoms with van der Waals surface area (Å²) in [6.45, 7) is 2.37. The summed E-state index contributed by atoms with van der Waals surface area (Å²) >= 11 is -3.52. The van der Waals surface area contributed by atoms with Crippen LogP contribution in [0.1, 0.15) is 21.2 Å². The van der Waals surface area contributed by atoms with Gasteiger partial charge in [0.2, 0.25) is 0 Å². The molecule has 2 aromatic carbocycles. The maximum absolute atomic E-state index is 3.52. The summed E-state index contributed by atoms with van der Waals surface area (Å²) in [6.07, 6.45) is 13.0. The molecule has 2 heteroatoms. The Hall–Kier alpha value is -1.25. The first-order valence-corrected chi connectivity index (χ1v) is 25.9. The fourth-order valence-corrected chi connectivity index (χ4v) is 30.1. The number of allylic oxidation sites excluding steroid dienone is 5. The third kappa shape index (κ3) is 2.19. The number of rotatable bonds is 3. The molecule has 0 bridgehead atoms. The van der Waals surface area contributed by atoms with Gasteiger partial charge in [-0.15, -0.1) is 0 Å². The third-order valence-electron chi connectivity index (χ3n) is 5.88. The first-order chi connectivity index (χ1) is 11.1. The Balaban J connectivity index is 1.99. The Bertz CT molecular complexity index is 918. The van der Waals surface area contributed by atoms with Crippen molar-refractivity contribution in [2.24, 2.45) is 0 Å². The van der Waals surface area contributed by atoms with Gasteiger partial charge in [0.15, 0.2) is 0 Å². The molecule has 0 amide bonds. The molecule has 0 fully saturated rings. The summed E-state index contributed by atoms with van der Waals surface area (Å²) in [6, 6.07) is 20.3.